The van der Waals surface area contributed by atoms with E-state index >= 15 is 0 Å². The highest BCUT2D eigenvalue weighted by Crippen LogP contribution is 2.35. The fourth-order valence-electron chi connectivity index (χ4n) is 2.29. The Morgan fingerprint density at radius 2 is 2.05 bits per heavy atom. The number of hydrogen-bond acceptors (Lipinski definition) is 3. The SMILES string of the molecule is C=CC1OC(NC2CC2)=C(c2cccc(C(F)(F)F)c2)C1=O. The third-order valence-corrected chi connectivity index (χ3v) is 3.58. The number of ether oxygens (including phenoxy) is 1. The van der Waals surface area contributed by atoms with Gasteiger partial charge in [0.2, 0.25) is 5.78 Å². The van der Waals surface area contributed by atoms with E-state index in [1.165, 1.54) is 18.2 Å². The molecule has 0 bridgehead atoms. The standard InChI is InChI=1S/C16H14F3NO2/c1-2-12-14(21)13(15(22-12)20-11-6-7-11)9-4-3-5-10(8-9)16(17,18)19/h2-5,8,11-12,20H,1,6-7H2. The maximum absolute atomic E-state index is 12.8. The molecule has 116 valence electrons. The van der Waals surface area contributed by atoms with Gasteiger partial charge in [0, 0.05) is 6.04 Å². The van der Waals surface area contributed by atoms with Gasteiger partial charge in [-0.15, -0.1) is 0 Å². The van der Waals surface area contributed by atoms with Gasteiger partial charge in [-0.05, 0) is 36.6 Å². The van der Waals surface area contributed by atoms with Gasteiger partial charge in [-0.1, -0.05) is 18.7 Å². The number of alkyl halides is 3. The number of carbonyl (C=O) groups excluding carboxylic acids is 1. The van der Waals surface area contributed by atoms with Gasteiger partial charge in [0.15, 0.2) is 12.0 Å². The Hall–Kier alpha value is -2.24. The van der Waals surface area contributed by atoms with Crippen LogP contribution in [0.1, 0.15) is 24.0 Å². The summed E-state index contributed by atoms with van der Waals surface area (Å²) in [6.07, 6.45) is -2.06. The van der Waals surface area contributed by atoms with Gasteiger partial charge >= 0.3 is 6.18 Å². The number of halogens is 3. The molecule has 2 aliphatic rings. The van der Waals surface area contributed by atoms with Gasteiger partial charge in [-0.25, -0.2) is 0 Å². The summed E-state index contributed by atoms with van der Waals surface area (Å²) in [5.74, 6) is -0.130. The summed E-state index contributed by atoms with van der Waals surface area (Å²) in [6, 6.07) is 4.92. The van der Waals surface area contributed by atoms with Crippen molar-refractivity contribution in [2.24, 2.45) is 0 Å². The van der Waals surface area contributed by atoms with Crippen LogP contribution in [0.15, 0.2) is 42.8 Å². The van der Waals surface area contributed by atoms with E-state index in [-0.39, 0.29) is 28.8 Å². The largest absolute Gasteiger partial charge is 0.463 e. The third kappa shape index (κ3) is 2.73. The molecule has 0 saturated heterocycles. The summed E-state index contributed by atoms with van der Waals surface area (Å²) in [5, 5.41) is 3.06. The van der Waals surface area contributed by atoms with Crippen molar-refractivity contribution in [1.29, 1.82) is 0 Å². The third-order valence-electron chi connectivity index (χ3n) is 3.58. The van der Waals surface area contributed by atoms with Crippen molar-refractivity contribution in [2.75, 3.05) is 0 Å². The molecule has 0 radical (unpaired) electrons. The van der Waals surface area contributed by atoms with E-state index in [0.29, 0.717) is 0 Å². The Balaban J connectivity index is 2.02. The lowest BCUT2D eigenvalue weighted by Crippen LogP contribution is -2.18. The lowest BCUT2D eigenvalue weighted by Gasteiger charge is -2.10. The molecule has 6 heteroatoms. The second-order valence-electron chi connectivity index (χ2n) is 5.34. The normalized spacial score (nSPS) is 21.8. The Kier molecular flexibility index (Phi) is 3.47. The van der Waals surface area contributed by atoms with Crippen LogP contribution in [0.25, 0.3) is 5.57 Å². The van der Waals surface area contributed by atoms with Crippen LogP contribution in [-0.2, 0) is 15.7 Å². The van der Waals surface area contributed by atoms with Gasteiger partial charge in [-0.3, -0.25) is 4.79 Å². The Bertz CT molecular complexity index is 660. The minimum Gasteiger partial charge on any atom is -0.463 e. The first-order valence-electron chi connectivity index (χ1n) is 6.92. The van der Waals surface area contributed by atoms with Crippen molar-refractivity contribution >= 4 is 11.4 Å². The van der Waals surface area contributed by atoms with Crippen molar-refractivity contribution < 1.29 is 22.7 Å². The number of rotatable bonds is 4. The monoisotopic (exact) mass is 309 g/mol. The van der Waals surface area contributed by atoms with Gasteiger partial charge in [-0.2, -0.15) is 13.2 Å². The van der Waals surface area contributed by atoms with E-state index in [4.69, 9.17) is 4.74 Å². The van der Waals surface area contributed by atoms with Gasteiger partial charge in [0.1, 0.15) is 0 Å². The first kappa shape index (κ1) is 14.7. The maximum atomic E-state index is 12.8. The summed E-state index contributed by atoms with van der Waals surface area (Å²) < 4.78 is 44.0. The smallest absolute Gasteiger partial charge is 0.416 e. The molecule has 1 fully saturated rings. The predicted octanol–water partition coefficient (Wildman–Crippen LogP) is 3.28. The highest BCUT2D eigenvalue weighted by molar-refractivity contribution is 6.25. The number of nitrogens with one attached hydrogen (secondary N) is 1. The molecule has 1 aromatic rings. The molecular weight excluding hydrogens is 295 g/mol. The highest BCUT2D eigenvalue weighted by Gasteiger charge is 2.38. The quantitative estimate of drug-likeness (QED) is 0.868. The molecule has 1 atom stereocenters. The van der Waals surface area contributed by atoms with E-state index in [0.717, 1.165) is 25.0 Å². The number of Topliss-reactive ketones (excluding diaryl/α,β-unsaturated/α-hetero) is 1. The van der Waals surface area contributed by atoms with Crippen molar-refractivity contribution in [3.8, 4) is 0 Å². The number of ketones is 1. The maximum Gasteiger partial charge on any atom is 0.416 e. The minimum atomic E-state index is -4.46. The zero-order chi connectivity index (χ0) is 15.9. The molecule has 1 aliphatic carbocycles. The summed E-state index contributed by atoms with van der Waals surface area (Å²) >= 11 is 0. The average molecular weight is 309 g/mol. The molecule has 0 spiro atoms. The Morgan fingerprint density at radius 1 is 1.32 bits per heavy atom. The zero-order valence-electron chi connectivity index (χ0n) is 11.6. The van der Waals surface area contributed by atoms with E-state index in [2.05, 4.69) is 11.9 Å². The summed E-state index contributed by atoms with van der Waals surface area (Å²) in [4.78, 5) is 12.3. The first-order chi connectivity index (χ1) is 10.4. The fourth-order valence-corrected chi connectivity index (χ4v) is 2.29. The highest BCUT2D eigenvalue weighted by atomic mass is 19.4. The van der Waals surface area contributed by atoms with Crippen LogP contribution in [0.4, 0.5) is 13.2 Å². The molecule has 0 aromatic heterocycles. The van der Waals surface area contributed by atoms with Crippen LogP contribution in [0.5, 0.6) is 0 Å². The molecule has 22 heavy (non-hydrogen) atoms. The molecule has 1 unspecified atom stereocenters. The van der Waals surface area contributed by atoms with Crippen LogP contribution < -0.4 is 5.32 Å². The molecule has 1 heterocycles. The van der Waals surface area contributed by atoms with Crippen LogP contribution in [0.3, 0.4) is 0 Å². The van der Waals surface area contributed by atoms with E-state index in [1.807, 2.05) is 0 Å². The molecule has 1 N–H and O–H groups in total. The molecule has 0 amide bonds. The van der Waals surface area contributed by atoms with Crippen LogP contribution in [0, 0.1) is 0 Å². The van der Waals surface area contributed by atoms with Gasteiger partial charge in [0.05, 0.1) is 11.1 Å². The van der Waals surface area contributed by atoms with Crippen LogP contribution in [0.2, 0.25) is 0 Å². The fraction of sp³-hybridized carbons (Fsp3) is 0.312. The van der Waals surface area contributed by atoms with Crippen molar-refractivity contribution in [2.45, 2.75) is 31.2 Å². The molecule has 1 aliphatic heterocycles. The molecule has 1 aromatic carbocycles. The summed E-state index contributed by atoms with van der Waals surface area (Å²) in [5.41, 5.74) is -0.437. The summed E-state index contributed by atoms with van der Waals surface area (Å²) in [6.45, 7) is 3.53. The van der Waals surface area contributed by atoms with Gasteiger partial charge in [0.25, 0.3) is 0 Å². The molecule has 1 saturated carbocycles. The second kappa shape index (κ2) is 5.19. The molecule has 3 nitrogen and oxygen atoms in total. The molecular formula is C16H14F3NO2. The average Bonchev–Trinajstić information content (AvgIpc) is 3.22. The Labute approximate surface area is 125 Å². The zero-order valence-corrected chi connectivity index (χ0v) is 11.6. The van der Waals surface area contributed by atoms with E-state index < -0.39 is 17.8 Å². The molecule has 3 rings (SSSR count). The van der Waals surface area contributed by atoms with Crippen molar-refractivity contribution in [3.63, 3.8) is 0 Å². The predicted molar refractivity (Wildman–Crippen MR) is 74.6 cm³/mol. The van der Waals surface area contributed by atoms with E-state index in [1.54, 1.807) is 0 Å². The van der Waals surface area contributed by atoms with E-state index in [9.17, 15) is 18.0 Å². The number of carbonyl (C=O) groups is 1. The lowest BCUT2D eigenvalue weighted by atomic mass is 9.98. The number of benzene rings is 1. The lowest BCUT2D eigenvalue weighted by molar-refractivity contribution is -0.137. The topological polar surface area (TPSA) is 38.3 Å². The number of hydrogen-bond donors (Lipinski definition) is 1. The second-order valence-corrected chi connectivity index (χ2v) is 5.34. The minimum absolute atomic E-state index is 0.155. The summed E-state index contributed by atoms with van der Waals surface area (Å²) in [7, 11) is 0. The van der Waals surface area contributed by atoms with Gasteiger partial charge < -0.3 is 10.1 Å². The van der Waals surface area contributed by atoms with Crippen LogP contribution in [-0.4, -0.2) is 17.9 Å². The van der Waals surface area contributed by atoms with Crippen molar-refractivity contribution in [1.82, 2.24) is 5.32 Å². The first-order valence-corrected chi connectivity index (χ1v) is 6.92. The van der Waals surface area contributed by atoms with Crippen LogP contribution >= 0.6 is 0 Å². The van der Waals surface area contributed by atoms with Crippen molar-refractivity contribution in [3.05, 3.63) is 53.9 Å². The Morgan fingerprint density at radius 3 is 2.64 bits per heavy atom.